The third kappa shape index (κ3) is 2.01. The zero-order valence-electron chi connectivity index (χ0n) is 11.1. The summed E-state index contributed by atoms with van der Waals surface area (Å²) < 4.78 is 0. The first kappa shape index (κ1) is 12.3. The van der Waals surface area contributed by atoms with E-state index in [0.717, 1.165) is 11.3 Å². The van der Waals surface area contributed by atoms with Gasteiger partial charge in [0.2, 0.25) is 0 Å². The molecule has 0 aliphatic carbocycles. The van der Waals surface area contributed by atoms with Crippen LogP contribution in [0.2, 0.25) is 0 Å². The Kier molecular flexibility index (Phi) is 2.71. The van der Waals surface area contributed by atoms with Gasteiger partial charge in [0.1, 0.15) is 11.0 Å². The molecule has 6 heteroatoms. The van der Waals surface area contributed by atoms with E-state index in [4.69, 9.17) is 0 Å². The number of hydrogen-bond donors (Lipinski definition) is 0. The summed E-state index contributed by atoms with van der Waals surface area (Å²) in [5.41, 5.74) is 4.26. The molecule has 0 bridgehead atoms. The van der Waals surface area contributed by atoms with Crippen LogP contribution in [0.25, 0.3) is 16.7 Å². The molecular weight excluding hydrogens is 256 g/mol. The molecule has 0 unspecified atom stereocenters. The van der Waals surface area contributed by atoms with Crippen LogP contribution in [0.1, 0.15) is 11.1 Å². The average Bonchev–Trinajstić information content (AvgIpc) is 2.80. The Hall–Kier alpha value is -2.76. The van der Waals surface area contributed by atoms with Crippen LogP contribution >= 0.6 is 0 Å². The van der Waals surface area contributed by atoms with E-state index in [-0.39, 0.29) is 5.69 Å². The van der Waals surface area contributed by atoms with Gasteiger partial charge in [0.05, 0.1) is 10.6 Å². The predicted molar refractivity (Wildman–Crippen MR) is 75.0 cm³/mol. The third-order valence-electron chi connectivity index (χ3n) is 3.14. The Morgan fingerprint density at radius 3 is 2.50 bits per heavy atom. The highest BCUT2D eigenvalue weighted by molar-refractivity contribution is 5.76. The maximum Gasteiger partial charge on any atom is 0.271 e. The number of nitrogens with zero attached hydrogens (tertiary/aromatic N) is 4. The molecule has 0 saturated heterocycles. The number of non-ortho nitro benzene ring substituents is 1. The molecule has 1 aromatic heterocycles. The van der Waals surface area contributed by atoms with Gasteiger partial charge in [0.25, 0.3) is 5.69 Å². The molecule has 3 rings (SSSR count). The summed E-state index contributed by atoms with van der Waals surface area (Å²) in [4.78, 5) is 11.8. The number of nitro benzene ring substituents is 1. The Morgan fingerprint density at radius 1 is 1.05 bits per heavy atom. The minimum atomic E-state index is -0.435. The molecule has 0 atom stereocenters. The SMILES string of the molecule is Cc1ccc(-n2nc3ccc([N+](=O)[O-])cc3n2)c(C)c1. The molecule has 0 N–H and O–H groups in total. The monoisotopic (exact) mass is 268 g/mol. The minimum absolute atomic E-state index is 0.0187. The van der Waals surface area contributed by atoms with Crippen LogP contribution in [0.15, 0.2) is 36.4 Å². The summed E-state index contributed by atoms with van der Waals surface area (Å²) in [7, 11) is 0. The van der Waals surface area contributed by atoms with Gasteiger partial charge in [-0.3, -0.25) is 10.1 Å². The summed E-state index contributed by atoms with van der Waals surface area (Å²) >= 11 is 0. The second-order valence-corrected chi connectivity index (χ2v) is 4.71. The highest BCUT2D eigenvalue weighted by atomic mass is 16.6. The van der Waals surface area contributed by atoms with E-state index in [1.807, 2.05) is 32.0 Å². The zero-order valence-corrected chi connectivity index (χ0v) is 11.1. The van der Waals surface area contributed by atoms with Crippen LogP contribution in [0.3, 0.4) is 0 Å². The lowest BCUT2D eigenvalue weighted by atomic mass is 10.1. The zero-order chi connectivity index (χ0) is 14.3. The molecule has 0 saturated carbocycles. The molecule has 20 heavy (non-hydrogen) atoms. The first-order valence-corrected chi connectivity index (χ1v) is 6.14. The molecule has 3 aromatic rings. The molecule has 6 nitrogen and oxygen atoms in total. The molecule has 0 aliphatic heterocycles. The first-order valence-electron chi connectivity index (χ1n) is 6.14. The van der Waals surface area contributed by atoms with E-state index < -0.39 is 4.92 Å². The summed E-state index contributed by atoms with van der Waals surface area (Å²) in [5.74, 6) is 0. The Balaban J connectivity index is 2.15. The van der Waals surface area contributed by atoms with Crippen LogP contribution < -0.4 is 0 Å². The van der Waals surface area contributed by atoms with Crippen molar-refractivity contribution in [3.8, 4) is 5.69 Å². The van der Waals surface area contributed by atoms with Gasteiger partial charge in [0.15, 0.2) is 0 Å². The van der Waals surface area contributed by atoms with Gasteiger partial charge in [-0.25, -0.2) is 0 Å². The fourth-order valence-corrected chi connectivity index (χ4v) is 2.15. The quantitative estimate of drug-likeness (QED) is 0.529. The number of benzene rings is 2. The van der Waals surface area contributed by atoms with Gasteiger partial charge in [-0.1, -0.05) is 17.7 Å². The molecular formula is C14H12N4O2. The van der Waals surface area contributed by atoms with Crippen molar-refractivity contribution in [2.45, 2.75) is 13.8 Å². The predicted octanol–water partition coefficient (Wildman–Crippen LogP) is 2.95. The third-order valence-corrected chi connectivity index (χ3v) is 3.14. The van der Waals surface area contributed by atoms with E-state index in [1.54, 1.807) is 6.07 Å². The van der Waals surface area contributed by atoms with Crippen molar-refractivity contribution in [2.75, 3.05) is 0 Å². The molecule has 100 valence electrons. The van der Waals surface area contributed by atoms with Crippen molar-refractivity contribution in [1.29, 1.82) is 0 Å². The smallest absolute Gasteiger partial charge is 0.258 e. The summed E-state index contributed by atoms with van der Waals surface area (Å²) in [6.07, 6.45) is 0. The van der Waals surface area contributed by atoms with Gasteiger partial charge in [0, 0.05) is 12.1 Å². The fraction of sp³-hybridized carbons (Fsp3) is 0.143. The van der Waals surface area contributed by atoms with E-state index in [0.29, 0.717) is 11.0 Å². The van der Waals surface area contributed by atoms with Gasteiger partial charge in [-0.15, -0.1) is 10.2 Å². The van der Waals surface area contributed by atoms with E-state index in [9.17, 15) is 10.1 Å². The van der Waals surface area contributed by atoms with Crippen LogP contribution in [0, 0.1) is 24.0 Å². The summed E-state index contributed by atoms with van der Waals surface area (Å²) in [6, 6.07) is 10.5. The van der Waals surface area contributed by atoms with Crippen molar-refractivity contribution < 1.29 is 4.92 Å². The van der Waals surface area contributed by atoms with Crippen LogP contribution in [0.5, 0.6) is 0 Å². The topological polar surface area (TPSA) is 73.8 Å². The molecule has 0 fully saturated rings. The van der Waals surface area contributed by atoms with Crippen molar-refractivity contribution in [3.05, 3.63) is 57.6 Å². The average molecular weight is 268 g/mol. The van der Waals surface area contributed by atoms with Crippen molar-refractivity contribution in [2.24, 2.45) is 0 Å². The lowest BCUT2D eigenvalue weighted by Crippen LogP contribution is -2.01. The van der Waals surface area contributed by atoms with E-state index >= 15 is 0 Å². The molecule has 0 amide bonds. The standard InChI is InChI=1S/C14H12N4O2/c1-9-3-6-14(10(2)7-9)17-15-12-5-4-11(18(19)20)8-13(12)16-17/h3-8H,1-2H3. The van der Waals surface area contributed by atoms with Gasteiger partial charge in [-0.05, 0) is 31.5 Å². The lowest BCUT2D eigenvalue weighted by molar-refractivity contribution is -0.384. The summed E-state index contributed by atoms with van der Waals surface area (Å²) in [5, 5.41) is 19.4. The van der Waals surface area contributed by atoms with Gasteiger partial charge >= 0.3 is 0 Å². The molecule has 1 heterocycles. The second-order valence-electron chi connectivity index (χ2n) is 4.71. The number of aryl methyl sites for hydroxylation is 2. The van der Waals surface area contributed by atoms with Crippen LogP contribution in [0.4, 0.5) is 5.69 Å². The number of aromatic nitrogens is 3. The Labute approximate surface area is 114 Å². The minimum Gasteiger partial charge on any atom is -0.258 e. The maximum atomic E-state index is 10.8. The number of rotatable bonds is 2. The maximum absolute atomic E-state index is 10.8. The Bertz CT molecular complexity index is 823. The highest BCUT2D eigenvalue weighted by Gasteiger charge is 2.11. The summed E-state index contributed by atoms with van der Waals surface area (Å²) in [6.45, 7) is 4.01. The van der Waals surface area contributed by atoms with Crippen molar-refractivity contribution in [1.82, 2.24) is 15.0 Å². The van der Waals surface area contributed by atoms with Gasteiger partial charge in [-0.2, -0.15) is 4.80 Å². The first-order chi connectivity index (χ1) is 9.54. The van der Waals surface area contributed by atoms with E-state index in [1.165, 1.54) is 22.5 Å². The lowest BCUT2D eigenvalue weighted by Gasteiger charge is -2.04. The largest absolute Gasteiger partial charge is 0.271 e. The highest BCUT2D eigenvalue weighted by Crippen LogP contribution is 2.20. The molecule has 0 radical (unpaired) electrons. The number of hydrogen-bond acceptors (Lipinski definition) is 4. The molecule has 2 aromatic carbocycles. The van der Waals surface area contributed by atoms with Crippen LogP contribution in [-0.4, -0.2) is 19.9 Å². The number of nitro groups is 1. The van der Waals surface area contributed by atoms with Crippen molar-refractivity contribution >= 4 is 16.7 Å². The molecule has 0 aliphatic rings. The molecule has 0 spiro atoms. The second kappa shape index (κ2) is 4.41. The van der Waals surface area contributed by atoms with E-state index in [2.05, 4.69) is 10.2 Å². The van der Waals surface area contributed by atoms with Gasteiger partial charge < -0.3 is 0 Å². The fourth-order valence-electron chi connectivity index (χ4n) is 2.15. The van der Waals surface area contributed by atoms with Crippen molar-refractivity contribution in [3.63, 3.8) is 0 Å². The van der Waals surface area contributed by atoms with Crippen LogP contribution in [-0.2, 0) is 0 Å². The normalized spacial score (nSPS) is 10.9. The Morgan fingerprint density at radius 2 is 1.80 bits per heavy atom. The number of fused-ring (bicyclic) bond motifs is 1.